The molecule has 0 saturated carbocycles. The zero-order valence-corrected chi connectivity index (χ0v) is 19.6. The highest BCUT2D eigenvalue weighted by atomic mass is 19.4. The molecule has 0 amide bonds. The molecule has 1 unspecified atom stereocenters. The number of ether oxygens (including phenoxy) is 1. The second kappa shape index (κ2) is 8.03. The number of aromatic nitrogens is 1. The summed E-state index contributed by atoms with van der Waals surface area (Å²) in [4.78, 5) is 17.3. The van der Waals surface area contributed by atoms with Crippen LogP contribution in [0, 0.1) is 5.41 Å². The van der Waals surface area contributed by atoms with Gasteiger partial charge in [-0.3, -0.25) is 4.79 Å². The Morgan fingerprint density at radius 3 is 2.66 bits per heavy atom. The van der Waals surface area contributed by atoms with Crippen LogP contribution in [0.15, 0.2) is 75.9 Å². The van der Waals surface area contributed by atoms with E-state index in [1.54, 1.807) is 12.3 Å². The molecule has 1 aromatic heterocycles. The van der Waals surface area contributed by atoms with Gasteiger partial charge in [0.1, 0.15) is 0 Å². The number of halogens is 3. The summed E-state index contributed by atoms with van der Waals surface area (Å²) in [6.07, 6.45) is -0.414. The molecule has 1 N–H and O–H groups in total. The molecule has 3 heterocycles. The maximum Gasteiger partial charge on any atom is 0.574 e. The van der Waals surface area contributed by atoms with Gasteiger partial charge in [0.25, 0.3) is 0 Å². The van der Waals surface area contributed by atoms with Gasteiger partial charge in [-0.15, -0.1) is 13.2 Å². The van der Waals surface area contributed by atoms with Crippen molar-refractivity contribution in [1.29, 1.82) is 0 Å². The molecule has 0 bridgehead atoms. The lowest BCUT2D eigenvalue weighted by molar-refractivity contribution is -0.276. The first-order valence-electron chi connectivity index (χ1n) is 11.5. The molecule has 35 heavy (non-hydrogen) atoms. The monoisotopic (exact) mass is 482 g/mol. The number of pyridine rings is 1. The zero-order chi connectivity index (χ0) is 25.0. The predicted octanol–water partition coefficient (Wildman–Crippen LogP) is 6.22. The van der Waals surface area contributed by atoms with E-state index in [0.717, 1.165) is 28.8 Å². The summed E-state index contributed by atoms with van der Waals surface area (Å²) in [5.41, 5.74) is 3.71. The number of Topliss-reactive ketones (excluding diaryl/α,β-unsaturated/α-hetero) is 1. The zero-order valence-electron chi connectivity index (χ0n) is 19.6. The van der Waals surface area contributed by atoms with Crippen molar-refractivity contribution >= 4 is 5.78 Å². The Bertz CT molecular complexity index is 1300. The van der Waals surface area contributed by atoms with Crippen LogP contribution < -0.4 is 10.1 Å². The van der Waals surface area contributed by atoms with Crippen molar-refractivity contribution in [1.82, 2.24) is 10.3 Å². The number of nitrogens with one attached hydrogen (secondary N) is 1. The molecule has 2 aliphatic heterocycles. The Kier molecular flexibility index (Phi) is 5.34. The molecule has 0 saturated heterocycles. The standard InChI is InChI=1S/C26H25F3N4O2/c1-4-25(18-14-31-33-23(18)32-19-12-24(2,3)13-20(34)22(19)25)17-7-5-6-15(10-17)16-8-9-30-21(11-16)35-26(27,28)29/h5-11,14,23,32H,4,12-13H2,1-3H3/t23?,25-/m0/s1. The highest BCUT2D eigenvalue weighted by molar-refractivity contribution is 6.01. The SMILES string of the molecule is CC[C@]1(c2cccc(-c3ccnc(OC(F)(F)F)c3)c2)C2=CN=NC2NC2=C1C(=O)CC(C)(C)C2. The Morgan fingerprint density at radius 1 is 1.14 bits per heavy atom. The molecule has 0 spiro atoms. The van der Waals surface area contributed by atoms with E-state index in [0.29, 0.717) is 24.0 Å². The lowest BCUT2D eigenvalue weighted by Gasteiger charge is -2.47. The van der Waals surface area contributed by atoms with Crippen LogP contribution in [0.5, 0.6) is 5.88 Å². The smallest absolute Gasteiger partial charge is 0.388 e. The quantitative estimate of drug-likeness (QED) is 0.562. The second-order valence-corrected chi connectivity index (χ2v) is 9.93. The maximum absolute atomic E-state index is 13.6. The van der Waals surface area contributed by atoms with Crippen LogP contribution in [0.2, 0.25) is 0 Å². The van der Waals surface area contributed by atoms with Crippen molar-refractivity contribution in [2.45, 2.75) is 58.0 Å². The molecule has 3 aliphatic rings. The van der Waals surface area contributed by atoms with E-state index in [1.807, 2.05) is 31.2 Å². The van der Waals surface area contributed by atoms with E-state index in [1.165, 1.54) is 12.3 Å². The van der Waals surface area contributed by atoms with Gasteiger partial charge in [0.2, 0.25) is 5.88 Å². The fourth-order valence-electron chi connectivity index (χ4n) is 5.62. The van der Waals surface area contributed by atoms with E-state index < -0.39 is 17.7 Å². The largest absolute Gasteiger partial charge is 0.574 e. The molecule has 1 aliphatic carbocycles. The Morgan fingerprint density at radius 2 is 1.91 bits per heavy atom. The van der Waals surface area contributed by atoms with Crippen LogP contribution in [-0.4, -0.2) is 23.3 Å². The van der Waals surface area contributed by atoms with Gasteiger partial charge in [0, 0.05) is 35.5 Å². The van der Waals surface area contributed by atoms with Crippen LogP contribution in [0.3, 0.4) is 0 Å². The van der Waals surface area contributed by atoms with Gasteiger partial charge in [0.05, 0.1) is 11.6 Å². The summed E-state index contributed by atoms with van der Waals surface area (Å²) in [6, 6.07) is 10.4. The van der Waals surface area contributed by atoms with Crippen molar-refractivity contribution in [3.63, 3.8) is 0 Å². The van der Waals surface area contributed by atoms with Gasteiger partial charge in [-0.2, -0.15) is 10.2 Å². The van der Waals surface area contributed by atoms with Crippen LogP contribution in [-0.2, 0) is 10.2 Å². The number of alkyl halides is 3. The third-order valence-electron chi connectivity index (χ3n) is 6.95. The Labute approximate surface area is 201 Å². The van der Waals surface area contributed by atoms with Gasteiger partial charge >= 0.3 is 6.36 Å². The number of ketones is 1. The van der Waals surface area contributed by atoms with Gasteiger partial charge < -0.3 is 10.1 Å². The minimum atomic E-state index is -4.83. The third-order valence-corrected chi connectivity index (χ3v) is 6.95. The lowest BCUT2D eigenvalue weighted by atomic mass is 9.58. The molecule has 1 aromatic carbocycles. The molecule has 2 aromatic rings. The van der Waals surface area contributed by atoms with E-state index in [-0.39, 0.29) is 17.4 Å². The third kappa shape index (κ3) is 4.02. The van der Waals surface area contributed by atoms with Crippen molar-refractivity contribution in [3.8, 4) is 17.0 Å². The summed E-state index contributed by atoms with van der Waals surface area (Å²) in [6.45, 7) is 6.19. The van der Waals surface area contributed by atoms with E-state index in [4.69, 9.17) is 0 Å². The highest BCUT2D eigenvalue weighted by Gasteiger charge is 2.53. The minimum Gasteiger partial charge on any atom is -0.388 e. The number of azo groups is 1. The molecule has 9 heteroatoms. The van der Waals surface area contributed by atoms with Crippen molar-refractivity contribution in [2.24, 2.45) is 15.6 Å². The van der Waals surface area contributed by atoms with Gasteiger partial charge in [-0.05, 0) is 47.1 Å². The first-order valence-corrected chi connectivity index (χ1v) is 11.5. The molecule has 182 valence electrons. The van der Waals surface area contributed by atoms with Crippen LogP contribution in [0.25, 0.3) is 11.1 Å². The molecule has 5 rings (SSSR count). The molecular weight excluding hydrogens is 457 g/mol. The number of allylic oxidation sites excluding steroid dienone is 2. The predicted molar refractivity (Wildman–Crippen MR) is 123 cm³/mol. The van der Waals surface area contributed by atoms with Crippen molar-refractivity contribution < 1.29 is 22.7 Å². The van der Waals surface area contributed by atoms with Crippen molar-refractivity contribution in [3.05, 3.63) is 71.2 Å². The summed E-state index contributed by atoms with van der Waals surface area (Å²) in [5.74, 6) is -0.439. The van der Waals surface area contributed by atoms with Crippen LogP contribution in [0.4, 0.5) is 13.2 Å². The van der Waals surface area contributed by atoms with Crippen LogP contribution in [0.1, 0.15) is 45.6 Å². The first-order chi connectivity index (χ1) is 16.5. The topological polar surface area (TPSA) is 75.9 Å². The number of hydrogen-bond donors (Lipinski definition) is 1. The average Bonchev–Trinajstić information content (AvgIpc) is 3.24. The highest BCUT2D eigenvalue weighted by Crippen LogP contribution is 2.54. The molecular formula is C26H25F3N4O2. The minimum absolute atomic E-state index is 0.0898. The Balaban J connectivity index is 1.65. The van der Waals surface area contributed by atoms with E-state index in [2.05, 4.69) is 39.1 Å². The number of nitrogens with zero attached hydrogens (tertiary/aromatic N) is 3. The molecule has 6 nitrogen and oxygen atoms in total. The van der Waals surface area contributed by atoms with Gasteiger partial charge in [-0.1, -0.05) is 39.0 Å². The lowest BCUT2D eigenvalue weighted by Crippen LogP contribution is -2.51. The number of carbonyl (C=O) groups excluding carboxylic acids is 1. The summed E-state index contributed by atoms with van der Waals surface area (Å²) in [5, 5.41) is 12.0. The summed E-state index contributed by atoms with van der Waals surface area (Å²) >= 11 is 0. The second-order valence-electron chi connectivity index (χ2n) is 9.93. The number of rotatable bonds is 4. The van der Waals surface area contributed by atoms with Gasteiger partial charge in [0.15, 0.2) is 11.9 Å². The summed E-state index contributed by atoms with van der Waals surface area (Å²) in [7, 11) is 0. The molecule has 2 atom stereocenters. The molecule has 0 fully saturated rings. The average molecular weight is 483 g/mol. The van der Waals surface area contributed by atoms with E-state index >= 15 is 0 Å². The number of fused-ring (bicyclic) bond motifs is 1. The number of hydrogen-bond acceptors (Lipinski definition) is 6. The fraction of sp³-hybridized carbons (Fsp3) is 0.385. The van der Waals surface area contributed by atoms with E-state index in [9.17, 15) is 18.0 Å². The number of carbonyl (C=O) groups is 1. The normalized spacial score (nSPS) is 25.0. The Hall–Kier alpha value is -3.49. The van der Waals surface area contributed by atoms with Gasteiger partial charge in [-0.25, -0.2) is 4.98 Å². The molecule has 0 radical (unpaired) electrons. The summed E-state index contributed by atoms with van der Waals surface area (Å²) < 4.78 is 42.2. The van der Waals surface area contributed by atoms with Crippen molar-refractivity contribution in [2.75, 3.05) is 0 Å². The first kappa shape index (κ1) is 23.3. The van der Waals surface area contributed by atoms with Crippen LogP contribution >= 0.6 is 0 Å². The number of benzene rings is 1. The maximum atomic E-state index is 13.6. The fourth-order valence-corrected chi connectivity index (χ4v) is 5.62.